The Bertz CT molecular complexity index is 1050. The van der Waals surface area contributed by atoms with Crippen LogP contribution in [0.15, 0.2) is 66.7 Å². The van der Waals surface area contributed by atoms with Gasteiger partial charge in [-0.15, -0.1) is 0 Å². The van der Waals surface area contributed by atoms with Crippen molar-refractivity contribution in [3.8, 4) is 22.5 Å². The lowest BCUT2D eigenvalue weighted by atomic mass is 10.0. The van der Waals surface area contributed by atoms with Gasteiger partial charge in [-0.25, -0.2) is 14.8 Å². The van der Waals surface area contributed by atoms with E-state index in [0.29, 0.717) is 18.1 Å². The molecule has 5 heteroatoms. The first-order chi connectivity index (χ1) is 13.9. The molecule has 0 spiro atoms. The van der Waals surface area contributed by atoms with Crippen LogP contribution in [0.5, 0.6) is 0 Å². The summed E-state index contributed by atoms with van der Waals surface area (Å²) >= 11 is 0. The monoisotopic (exact) mass is 385 g/mol. The molecule has 0 N–H and O–H groups in total. The first-order valence-electron chi connectivity index (χ1n) is 9.62. The Balaban J connectivity index is 1.87. The Labute approximate surface area is 170 Å². The van der Waals surface area contributed by atoms with Gasteiger partial charge in [0.05, 0.1) is 11.4 Å². The number of fused-ring (bicyclic) bond motifs is 1. The third-order valence-corrected chi connectivity index (χ3v) is 4.43. The predicted octanol–water partition coefficient (Wildman–Crippen LogP) is 5.58. The molecular formula is C24H23N3O2. The van der Waals surface area contributed by atoms with Gasteiger partial charge in [0.15, 0.2) is 5.82 Å². The van der Waals surface area contributed by atoms with E-state index < -0.39 is 11.7 Å². The number of ether oxygens (including phenoxy) is 1. The van der Waals surface area contributed by atoms with Gasteiger partial charge in [0, 0.05) is 17.7 Å². The topological polar surface area (TPSA) is 55.3 Å². The molecule has 0 saturated heterocycles. The van der Waals surface area contributed by atoms with E-state index in [4.69, 9.17) is 14.7 Å². The molecular weight excluding hydrogens is 362 g/mol. The molecule has 1 aliphatic rings. The maximum atomic E-state index is 12.8. The van der Waals surface area contributed by atoms with Crippen molar-refractivity contribution in [3.63, 3.8) is 0 Å². The van der Waals surface area contributed by atoms with Gasteiger partial charge >= 0.3 is 6.09 Å². The van der Waals surface area contributed by atoms with Crippen LogP contribution in [0, 0.1) is 0 Å². The van der Waals surface area contributed by atoms with E-state index in [1.807, 2.05) is 93.6 Å². The zero-order valence-corrected chi connectivity index (χ0v) is 16.8. The standard InChI is InChI=1S/C24H23N3O2/c1-24(2,3)29-23(28)27-16-10-15-19-22(27)26-21(18-13-8-5-9-14-18)20(25-19)17-11-6-4-7-12-17/h4-15H,16H2,1-3H3. The van der Waals surface area contributed by atoms with Crippen LogP contribution in [0.2, 0.25) is 0 Å². The molecule has 4 rings (SSSR count). The molecule has 0 radical (unpaired) electrons. The number of carbonyl (C=O) groups is 1. The first-order valence-corrected chi connectivity index (χ1v) is 9.62. The second-order valence-electron chi connectivity index (χ2n) is 7.86. The molecule has 0 saturated carbocycles. The molecule has 0 unspecified atom stereocenters. The molecule has 1 aliphatic heterocycles. The Morgan fingerprint density at radius 2 is 1.45 bits per heavy atom. The van der Waals surface area contributed by atoms with Gasteiger partial charge in [-0.1, -0.05) is 66.7 Å². The summed E-state index contributed by atoms with van der Waals surface area (Å²) in [4.78, 5) is 24.1. The number of rotatable bonds is 2. The van der Waals surface area contributed by atoms with Crippen LogP contribution < -0.4 is 4.90 Å². The summed E-state index contributed by atoms with van der Waals surface area (Å²) in [6, 6.07) is 19.9. The first kappa shape index (κ1) is 18.9. The molecule has 1 amide bonds. The minimum absolute atomic E-state index is 0.398. The van der Waals surface area contributed by atoms with E-state index in [1.54, 1.807) is 0 Å². The Kier molecular flexibility index (Phi) is 4.89. The molecule has 2 aromatic carbocycles. The molecule has 1 aromatic heterocycles. The van der Waals surface area contributed by atoms with E-state index in [2.05, 4.69) is 0 Å². The summed E-state index contributed by atoms with van der Waals surface area (Å²) in [5.41, 5.74) is 3.51. The van der Waals surface area contributed by atoms with Crippen molar-refractivity contribution in [2.75, 3.05) is 11.4 Å². The van der Waals surface area contributed by atoms with Crippen LogP contribution in [-0.4, -0.2) is 28.2 Å². The van der Waals surface area contributed by atoms with Crippen molar-refractivity contribution >= 4 is 18.0 Å². The van der Waals surface area contributed by atoms with Crippen molar-refractivity contribution in [1.29, 1.82) is 0 Å². The van der Waals surface area contributed by atoms with Crippen LogP contribution in [0.25, 0.3) is 28.6 Å². The molecule has 29 heavy (non-hydrogen) atoms. The van der Waals surface area contributed by atoms with Gasteiger partial charge in [0.25, 0.3) is 0 Å². The van der Waals surface area contributed by atoms with Gasteiger partial charge in [0.2, 0.25) is 0 Å². The minimum Gasteiger partial charge on any atom is -0.443 e. The number of hydrogen-bond donors (Lipinski definition) is 0. The van der Waals surface area contributed by atoms with Crippen LogP contribution in [0.1, 0.15) is 26.5 Å². The molecule has 146 valence electrons. The van der Waals surface area contributed by atoms with Gasteiger partial charge in [-0.2, -0.15) is 0 Å². The highest BCUT2D eigenvalue weighted by Crippen LogP contribution is 2.34. The second kappa shape index (κ2) is 7.51. The molecule has 0 atom stereocenters. The summed E-state index contributed by atoms with van der Waals surface area (Å²) in [5.74, 6) is 0.514. The van der Waals surface area contributed by atoms with Crippen LogP contribution in [0.3, 0.4) is 0 Å². The maximum Gasteiger partial charge on any atom is 0.416 e. The Morgan fingerprint density at radius 1 is 0.897 bits per heavy atom. The largest absolute Gasteiger partial charge is 0.443 e. The maximum absolute atomic E-state index is 12.8. The fourth-order valence-corrected chi connectivity index (χ4v) is 3.18. The third kappa shape index (κ3) is 4.04. The van der Waals surface area contributed by atoms with Crippen LogP contribution in [-0.2, 0) is 4.74 Å². The number of aromatic nitrogens is 2. The van der Waals surface area contributed by atoms with E-state index >= 15 is 0 Å². The van der Waals surface area contributed by atoms with Crippen molar-refractivity contribution in [2.45, 2.75) is 26.4 Å². The quantitative estimate of drug-likeness (QED) is 0.578. The second-order valence-corrected chi connectivity index (χ2v) is 7.86. The fourth-order valence-electron chi connectivity index (χ4n) is 3.18. The molecule has 0 bridgehead atoms. The molecule has 0 aliphatic carbocycles. The summed E-state index contributed by atoms with van der Waals surface area (Å²) in [7, 11) is 0. The van der Waals surface area contributed by atoms with Gasteiger partial charge in [0.1, 0.15) is 11.3 Å². The van der Waals surface area contributed by atoms with Crippen molar-refractivity contribution in [2.24, 2.45) is 0 Å². The highest BCUT2D eigenvalue weighted by molar-refractivity contribution is 5.92. The summed E-state index contributed by atoms with van der Waals surface area (Å²) in [6.07, 6.45) is 3.38. The summed E-state index contributed by atoms with van der Waals surface area (Å²) in [5, 5.41) is 0. The van der Waals surface area contributed by atoms with Gasteiger partial charge < -0.3 is 4.74 Å². The number of carbonyl (C=O) groups excluding carboxylic acids is 1. The van der Waals surface area contributed by atoms with Crippen molar-refractivity contribution in [1.82, 2.24) is 9.97 Å². The third-order valence-electron chi connectivity index (χ3n) is 4.43. The zero-order chi connectivity index (χ0) is 20.4. The minimum atomic E-state index is -0.585. The number of benzene rings is 2. The SMILES string of the molecule is CC(C)(C)OC(=O)N1CC=Cc2nc(-c3ccccc3)c(-c3ccccc3)nc21. The molecule has 2 heterocycles. The van der Waals surface area contributed by atoms with E-state index in [0.717, 1.165) is 22.5 Å². The van der Waals surface area contributed by atoms with E-state index in [9.17, 15) is 4.79 Å². The lowest BCUT2D eigenvalue weighted by Gasteiger charge is -2.29. The molecule has 3 aromatic rings. The average Bonchev–Trinajstić information content (AvgIpc) is 2.72. The number of amides is 1. The predicted molar refractivity (Wildman–Crippen MR) is 116 cm³/mol. The zero-order valence-electron chi connectivity index (χ0n) is 16.8. The summed E-state index contributed by atoms with van der Waals surface area (Å²) < 4.78 is 5.58. The molecule has 5 nitrogen and oxygen atoms in total. The highest BCUT2D eigenvalue weighted by atomic mass is 16.6. The van der Waals surface area contributed by atoms with Gasteiger partial charge in [-0.3, -0.25) is 4.90 Å². The van der Waals surface area contributed by atoms with Crippen LogP contribution >= 0.6 is 0 Å². The lowest BCUT2D eigenvalue weighted by molar-refractivity contribution is 0.0583. The fraction of sp³-hybridized carbons (Fsp3) is 0.208. The van der Waals surface area contributed by atoms with Gasteiger partial charge in [-0.05, 0) is 26.8 Å². The normalized spacial score (nSPS) is 13.1. The summed E-state index contributed by atoms with van der Waals surface area (Å²) in [6.45, 7) is 5.96. The van der Waals surface area contributed by atoms with E-state index in [-0.39, 0.29) is 0 Å². The average molecular weight is 385 g/mol. The molecule has 0 fully saturated rings. The van der Waals surface area contributed by atoms with Crippen molar-refractivity contribution in [3.05, 3.63) is 72.4 Å². The van der Waals surface area contributed by atoms with Crippen molar-refractivity contribution < 1.29 is 9.53 Å². The number of hydrogen-bond acceptors (Lipinski definition) is 4. The van der Waals surface area contributed by atoms with E-state index in [1.165, 1.54) is 4.90 Å². The lowest BCUT2D eigenvalue weighted by Crippen LogP contribution is -2.39. The Hall–Kier alpha value is -3.47. The number of nitrogens with zero attached hydrogens (tertiary/aromatic N) is 3. The number of anilines is 1. The highest BCUT2D eigenvalue weighted by Gasteiger charge is 2.29. The van der Waals surface area contributed by atoms with Crippen LogP contribution in [0.4, 0.5) is 10.6 Å². The Morgan fingerprint density at radius 3 is 2.00 bits per heavy atom. The smallest absolute Gasteiger partial charge is 0.416 e.